The predicted octanol–water partition coefficient (Wildman–Crippen LogP) is 3.61. The Morgan fingerprint density at radius 1 is 1.10 bits per heavy atom. The number of carbonyl (C=O) groups is 1. The summed E-state index contributed by atoms with van der Waals surface area (Å²) in [5.41, 5.74) is 5.07. The third kappa shape index (κ3) is 5.19. The number of unbranched alkanes of at least 4 members (excludes halogenated alkanes) is 1. The summed E-state index contributed by atoms with van der Waals surface area (Å²) in [6.45, 7) is 4.66. The van der Waals surface area contributed by atoms with Gasteiger partial charge in [-0.15, -0.1) is 11.8 Å². The van der Waals surface area contributed by atoms with Crippen LogP contribution in [-0.2, 0) is 11.3 Å². The van der Waals surface area contributed by atoms with Crippen molar-refractivity contribution in [3.8, 4) is 0 Å². The molecular formula is C23H28N4O3S. The van der Waals surface area contributed by atoms with Crippen LogP contribution in [0.15, 0.2) is 56.9 Å². The lowest BCUT2D eigenvalue weighted by molar-refractivity contribution is -0.116. The number of nitrogens with two attached hydrogens (primary N) is 1. The molecule has 3 N–H and O–H groups in total. The zero-order valence-corrected chi connectivity index (χ0v) is 18.7. The minimum absolute atomic E-state index is 0.0377. The van der Waals surface area contributed by atoms with Gasteiger partial charge in [-0.25, -0.2) is 4.79 Å². The van der Waals surface area contributed by atoms with E-state index in [-0.39, 0.29) is 23.2 Å². The highest BCUT2D eigenvalue weighted by Gasteiger charge is 2.23. The number of nitrogens with one attached hydrogen (secondary N) is 1. The number of aromatic amines is 1. The predicted molar refractivity (Wildman–Crippen MR) is 128 cm³/mol. The van der Waals surface area contributed by atoms with Gasteiger partial charge in [0, 0.05) is 18.0 Å². The first-order valence-corrected chi connectivity index (χ1v) is 11.5. The van der Waals surface area contributed by atoms with Crippen molar-refractivity contribution in [1.82, 2.24) is 9.55 Å². The molecule has 0 aliphatic rings. The third-order valence-electron chi connectivity index (χ3n) is 5.05. The topological polar surface area (TPSA) is 101 Å². The van der Waals surface area contributed by atoms with Crippen molar-refractivity contribution in [3.63, 3.8) is 0 Å². The molecule has 0 atom stereocenters. The van der Waals surface area contributed by atoms with Gasteiger partial charge in [0.05, 0.1) is 5.75 Å². The maximum Gasteiger partial charge on any atom is 0.330 e. The van der Waals surface area contributed by atoms with Crippen molar-refractivity contribution >= 4 is 39.9 Å². The van der Waals surface area contributed by atoms with E-state index in [2.05, 4.69) is 4.98 Å². The van der Waals surface area contributed by atoms with Crippen molar-refractivity contribution < 1.29 is 4.79 Å². The third-order valence-corrected chi connectivity index (χ3v) is 6.03. The van der Waals surface area contributed by atoms with E-state index >= 15 is 0 Å². The van der Waals surface area contributed by atoms with Crippen LogP contribution in [0.3, 0.4) is 0 Å². The van der Waals surface area contributed by atoms with E-state index in [1.807, 2.05) is 56.3 Å². The summed E-state index contributed by atoms with van der Waals surface area (Å²) in [6, 6.07) is 14.1. The number of carbonyl (C=O) groups excluding carboxylic acids is 1. The van der Waals surface area contributed by atoms with Crippen LogP contribution in [0, 0.1) is 0 Å². The minimum Gasteiger partial charge on any atom is -0.383 e. The number of thioether (sulfide) groups is 1. The Hall–Kier alpha value is -3.00. The first kappa shape index (κ1) is 22.7. The first-order chi connectivity index (χ1) is 15.0. The van der Waals surface area contributed by atoms with Crippen LogP contribution in [0.2, 0.25) is 0 Å². The number of H-pyrrole nitrogens is 1. The lowest BCUT2D eigenvalue weighted by atomic mass is 10.1. The molecule has 1 heterocycles. The summed E-state index contributed by atoms with van der Waals surface area (Å²) in [7, 11) is 0. The zero-order valence-electron chi connectivity index (χ0n) is 17.9. The fourth-order valence-electron chi connectivity index (χ4n) is 3.44. The van der Waals surface area contributed by atoms with Gasteiger partial charge in [0.15, 0.2) is 5.69 Å². The number of hydrogen-bond acceptors (Lipinski definition) is 5. The molecule has 1 aromatic heterocycles. The summed E-state index contributed by atoms with van der Waals surface area (Å²) in [6.07, 6.45) is 2.25. The van der Waals surface area contributed by atoms with Crippen LogP contribution in [0.5, 0.6) is 0 Å². The molecule has 2 aromatic carbocycles. The number of amides is 1. The Balaban J connectivity index is 1.88. The molecule has 0 saturated heterocycles. The molecule has 7 nitrogen and oxygen atoms in total. The Morgan fingerprint density at radius 2 is 1.84 bits per heavy atom. The van der Waals surface area contributed by atoms with E-state index in [1.165, 1.54) is 21.2 Å². The van der Waals surface area contributed by atoms with Gasteiger partial charge >= 0.3 is 5.69 Å². The summed E-state index contributed by atoms with van der Waals surface area (Å²) in [5.74, 6) is -0.0188. The maximum atomic E-state index is 13.2. The largest absolute Gasteiger partial charge is 0.383 e. The van der Waals surface area contributed by atoms with E-state index in [4.69, 9.17) is 5.73 Å². The lowest BCUT2D eigenvalue weighted by Crippen LogP contribution is -2.42. The second kappa shape index (κ2) is 10.3. The number of rotatable bonds is 9. The Labute approximate surface area is 185 Å². The number of nitrogen functional groups attached to an aromatic ring is 1. The fourth-order valence-corrected chi connectivity index (χ4v) is 4.26. The van der Waals surface area contributed by atoms with Gasteiger partial charge in [-0.3, -0.25) is 19.1 Å². The summed E-state index contributed by atoms with van der Waals surface area (Å²) in [4.78, 5) is 42.6. The van der Waals surface area contributed by atoms with E-state index in [1.54, 1.807) is 0 Å². The highest BCUT2D eigenvalue weighted by molar-refractivity contribution is 8.00. The van der Waals surface area contributed by atoms with Crippen LogP contribution < -0.4 is 21.9 Å². The van der Waals surface area contributed by atoms with Gasteiger partial charge in [0.25, 0.3) is 5.56 Å². The van der Waals surface area contributed by atoms with E-state index in [0.717, 1.165) is 28.5 Å². The molecule has 0 aliphatic heterocycles. The average Bonchev–Trinajstić information content (AvgIpc) is 2.77. The van der Waals surface area contributed by atoms with Crippen LogP contribution in [0.4, 0.5) is 11.5 Å². The average molecular weight is 441 g/mol. The molecular weight excluding hydrogens is 412 g/mol. The van der Waals surface area contributed by atoms with E-state index in [9.17, 15) is 14.4 Å². The van der Waals surface area contributed by atoms with Gasteiger partial charge in [-0.1, -0.05) is 50.6 Å². The number of nitrogens with zero attached hydrogens (tertiary/aromatic N) is 2. The minimum atomic E-state index is -0.630. The highest BCUT2D eigenvalue weighted by Crippen LogP contribution is 2.25. The van der Waals surface area contributed by atoms with Gasteiger partial charge in [-0.05, 0) is 35.7 Å². The molecule has 3 rings (SSSR count). The maximum absolute atomic E-state index is 13.2. The Morgan fingerprint density at radius 3 is 2.55 bits per heavy atom. The molecule has 8 heteroatoms. The zero-order chi connectivity index (χ0) is 22.4. The Kier molecular flexibility index (Phi) is 7.57. The lowest BCUT2D eigenvalue weighted by Gasteiger charge is -2.24. The number of benzene rings is 2. The summed E-state index contributed by atoms with van der Waals surface area (Å²) >= 11 is 1.42. The van der Waals surface area contributed by atoms with Crippen LogP contribution in [-0.4, -0.2) is 27.8 Å². The summed E-state index contributed by atoms with van der Waals surface area (Å²) < 4.78 is 1.32. The summed E-state index contributed by atoms with van der Waals surface area (Å²) in [5, 5.41) is 2.25. The van der Waals surface area contributed by atoms with Gasteiger partial charge < -0.3 is 10.6 Å². The second-order valence-corrected chi connectivity index (χ2v) is 8.39. The highest BCUT2D eigenvalue weighted by atomic mass is 32.2. The first-order valence-electron chi connectivity index (χ1n) is 10.5. The van der Waals surface area contributed by atoms with E-state index in [0.29, 0.717) is 19.5 Å². The standard InChI is InChI=1S/C23H28N4O3S/c1-3-5-13-26(20-21(24)27(12-4-2)23(30)25-22(20)29)19(28)15-31-18-11-10-16-8-6-7-9-17(16)14-18/h6-11,14H,3-5,12-13,15,24H2,1-2H3,(H,25,29,30). The van der Waals surface area contributed by atoms with Crippen molar-refractivity contribution in [3.05, 3.63) is 63.3 Å². The molecule has 1 amide bonds. The Bertz CT molecular complexity index is 1190. The van der Waals surface area contributed by atoms with Crippen LogP contribution in [0.1, 0.15) is 33.1 Å². The van der Waals surface area contributed by atoms with Crippen molar-refractivity contribution in [2.75, 3.05) is 22.9 Å². The molecule has 31 heavy (non-hydrogen) atoms. The molecule has 0 aliphatic carbocycles. The molecule has 0 saturated carbocycles. The van der Waals surface area contributed by atoms with E-state index < -0.39 is 11.2 Å². The number of anilines is 2. The fraction of sp³-hybridized carbons (Fsp3) is 0.348. The molecule has 0 radical (unpaired) electrons. The number of aromatic nitrogens is 2. The van der Waals surface area contributed by atoms with Gasteiger partial charge in [0.1, 0.15) is 5.82 Å². The van der Waals surface area contributed by atoms with Gasteiger partial charge in [0.2, 0.25) is 5.91 Å². The van der Waals surface area contributed by atoms with Crippen LogP contribution in [0.25, 0.3) is 10.8 Å². The van der Waals surface area contributed by atoms with Crippen molar-refractivity contribution in [2.24, 2.45) is 0 Å². The monoisotopic (exact) mass is 440 g/mol. The van der Waals surface area contributed by atoms with Gasteiger partial charge in [-0.2, -0.15) is 0 Å². The molecule has 0 fully saturated rings. The normalized spacial score (nSPS) is 11.0. The van der Waals surface area contributed by atoms with Crippen LogP contribution >= 0.6 is 11.8 Å². The number of fused-ring (bicyclic) bond motifs is 1. The SMILES string of the molecule is CCCCN(C(=O)CSc1ccc2ccccc2c1)c1c(N)n(CCC)c(=O)[nH]c1=O. The molecule has 164 valence electrons. The van der Waals surface area contributed by atoms with Crippen molar-refractivity contribution in [1.29, 1.82) is 0 Å². The molecule has 0 spiro atoms. The smallest absolute Gasteiger partial charge is 0.330 e. The second-order valence-electron chi connectivity index (χ2n) is 7.34. The molecule has 0 unspecified atom stereocenters. The van der Waals surface area contributed by atoms with Crippen molar-refractivity contribution in [2.45, 2.75) is 44.6 Å². The molecule has 0 bridgehead atoms. The molecule has 3 aromatic rings. The number of hydrogen-bond donors (Lipinski definition) is 2. The quantitative estimate of drug-likeness (QED) is 0.495.